The Kier molecular flexibility index (Phi) is 15.0. The summed E-state index contributed by atoms with van der Waals surface area (Å²) in [5.41, 5.74) is 0.319. The largest absolute Gasteiger partial charge is 0.385 e. The maximum atomic E-state index is 14.2. The Bertz CT molecular complexity index is 1080. The van der Waals surface area contributed by atoms with Crippen molar-refractivity contribution in [2.45, 2.75) is 82.3 Å². The summed E-state index contributed by atoms with van der Waals surface area (Å²) in [4.78, 5) is 0. The lowest BCUT2D eigenvalue weighted by Crippen LogP contribution is -2.45. The van der Waals surface area contributed by atoms with Gasteiger partial charge in [0, 0.05) is 57.9 Å². The fourth-order valence-electron chi connectivity index (χ4n) is 6.69. The molecule has 0 aromatic heterocycles. The minimum Gasteiger partial charge on any atom is -0.385 e. The van der Waals surface area contributed by atoms with Crippen molar-refractivity contribution in [1.82, 2.24) is 10.6 Å². The van der Waals surface area contributed by atoms with E-state index in [1.54, 1.807) is 14.2 Å². The monoisotopic (exact) mass is 604 g/mol. The molecule has 4 unspecified atom stereocenters. The van der Waals surface area contributed by atoms with Crippen molar-refractivity contribution in [2.24, 2.45) is 11.8 Å². The molecule has 6 nitrogen and oxygen atoms in total. The van der Waals surface area contributed by atoms with E-state index < -0.39 is 22.8 Å². The van der Waals surface area contributed by atoms with Crippen LogP contribution in [-0.4, -0.2) is 63.8 Å². The Morgan fingerprint density at radius 2 is 1.37 bits per heavy atom. The summed E-state index contributed by atoms with van der Waals surface area (Å²) in [6.45, 7) is 6.98. The topological polar surface area (TPSA) is 83.0 Å². The second-order valence-electron chi connectivity index (χ2n) is 12.3. The standard InChI is InChI=1S/C18H29NO2.C17H25F2NO2/c1-15-7-5-8-16(13-15)18(20,10-3-4-12-21-2)17-9-6-11-19-14-17;1-22-10-3-2-8-17(21,13-5-4-9-20-12-13)15-11-14(18)6-7-16(15)19/h5,7-8,13,17,19-20H,3-4,6,9-12,14H2,1-2H3;6-7,11,13,20-21H,2-5,8-10,12H2,1H3. The van der Waals surface area contributed by atoms with Crippen molar-refractivity contribution in [2.75, 3.05) is 53.6 Å². The molecular weight excluding hydrogens is 550 g/mol. The second-order valence-corrected chi connectivity index (χ2v) is 12.3. The van der Waals surface area contributed by atoms with Gasteiger partial charge in [-0.25, -0.2) is 8.78 Å². The maximum absolute atomic E-state index is 14.2. The van der Waals surface area contributed by atoms with Gasteiger partial charge in [0.25, 0.3) is 0 Å². The van der Waals surface area contributed by atoms with Crippen LogP contribution in [0.3, 0.4) is 0 Å². The number of hydrogen-bond acceptors (Lipinski definition) is 6. The summed E-state index contributed by atoms with van der Waals surface area (Å²) >= 11 is 0. The lowest BCUT2D eigenvalue weighted by Gasteiger charge is -2.39. The molecular formula is C35H54F2N2O4. The molecule has 4 rings (SSSR count). The minimum absolute atomic E-state index is 0.0821. The summed E-state index contributed by atoms with van der Waals surface area (Å²) in [5, 5.41) is 29.4. The predicted octanol–water partition coefficient (Wildman–Crippen LogP) is 5.97. The highest BCUT2D eigenvalue weighted by atomic mass is 19.1. The summed E-state index contributed by atoms with van der Waals surface area (Å²) in [7, 11) is 3.36. The molecule has 0 bridgehead atoms. The zero-order valence-corrected chi connectivity index (χ0v) is 26.5. The average molecular weight is 605 g/mol. The lowest BCUT2D eigenvalue weighted by molar-refractivity contribution is -0.0463. The van der Waals surface area contributed by atoms with Crippen molar-refractivity contribution in [1.29, 1.82) is 0 Å². The molecule has 2 aliphatic heterocycles. The maximum Gasteiger partial charge on any atom is 0.129 e. The van der Waals surface area contributed by atoms with Crippen LogP contribution in [0.1, 0.15) is 80.9 Å². The molecule has 2 aliphatic rings. The third-order valence-electron chi connectivity index (χ3n) is 9.17. The number of unbranched alkanes of at least 4 members (excludes halogenated alkanes) is 2. The average Bonchev–Trinajstić information content (AvgIpc) is 3.03. The van der Waals surface area contributed by atoms with E-state index in [1.807, 2.05) is 0 Å². The third kappa shape index (κ3) is 10.3. The van der Waals surface area contributed by atoms with Gasteiger partial charge in [0.05, 0.1) is 11.2 Å². The molecule has 4 atom stereocenters. The SMILES string of the molecule is COCCCCC(O)(c1cc(F)ccc1F)C1CCCNC1.COCCCCC(O)(c1cccc(C)c1)C1CCCNC1. The van der Waals surface area contributed by atoms with Crippen LogP contribution in [0, 0.1) is 30.4 Å². The molecule has 0 saturated carbocycles. The van der Waals surface area contributed by atoms with Crippen LogP contribution in [0.15, 0.2) is 42.5 Å². The number of piperidine rings is 2. The molecule has 0 amide bonds. The number of rotatable bonds is 14. The predicted molar refractivity (Wildman–Crippen MR) is 168 cm³/mol. The molecule has 0 aliphatic carbocycles. The van der Waals surface area contributed by atoms with Gasteiger partial charge in [0.2, 0.25) is 0 Å². The van der Waals surface area contributed by atoms with Crippen LogP contribution in [0.25, 0.3) is 0 Å². The van der Waals surface area contributed by atoms with Crippen molar-refractivity contribution >= 4 is 0 Å². The van der Waals surface area contributed by atoms with Crippen molar-refractivity contribution in [3.8, 4) is 0 Å². The number of benzene rings is 2. The van der Waals surface area contributed by atoms with E-state index >= 15 is 0 Å². The third-order valence-corrected chi connectivity index (χ3v) is 9.17. The Morgan fingerprint density at radius 3 is 1.91 bits per heavy atom. The van der Waals surface area contributed by atoms with Gasteiger partial charge in [-0.15, -0.1) is 0 Å². The molecule has 2 aromatic rings. The number of ether oxygens (including phenoxy) is 2. The Labute approximate surface area is 257 Å². The molecule has 2 saturated heterocycles. The first-order valence-corrected chi connectivity index (χ1v) is 16.1. The van der Waals surface area contributed by atoms with Crippen LogP contribution in [0.5, 0.6) is 0 Å². The number of aliphatic hydroxyl groups is 2. The van der Waals surface area contributed by atoms with Gasteiger partial charge < -0.3 is 30.3 Å². The van der Waals surface area contributed by atoms with E-state index in [4.69, 9.17) is 9.47 Å². The summed E-state index contributed by atoms with van der Waals surface area (Å²) < 4.78 is 38.0. The number of methoxy groups -OCH3 is 2. The fraction of sp³-hybridized carbons (Fsp3) is 0.657. The lowest BCUT2D eigenvalue weighted by atomic mass is 9.74. The highest BCUT2D eigenvalue weighted by Crippen LogP contribution is 2.40. The number of aryl methyl sites for hydroxylation is 1. The van der Waals surface area contributed by atoms with Gasteiger partial charge in [-0.3, -0.25) is 0 Å². The first kappa shape index (κ1) is 35.5. The Morgan fingerprint density at radius 1 is 0.791 bits per heavy atom. The van der Waals surface area contributed by atoms with Gasteiger partial charge >= 0.3 is 0 Å². The van der Waals surface area contributed by atoms with E-state index in [1.165, 1.54) is 5.56 Å². The number of halogens is 2. The van der Waals surface area contributed by atoms with Gasteiger partial charge in [-0.05, 0) is 108 Å². The summed E-state index contributed by atoms with van der Waals surface area (Å²) in [5.74, 6) is -0.868. The van der Waals surface area contributed by atoms with Crippen LogP contribution in [-0.2, 0) is 20.7 Å². The van der Waals surface area contributed by atoms with Gasteiger partial charge in [-0.1, -0.05) is 29.8 Å². The van der Waals surface area contributed by atoms with Crippen molar-refractivity contribution in [3.05, 3.63) is 70.8 Å². The number of hydrogen-bond donors (Lipinski definition) is 4. The molecule has 0 radical (unpaired) electrons. The van der Waals surface area contributed by atoms with Gasteiger partial charge in [-0.2, -0.15) is 0 Å². The molecule has 0 spiro atoms. The van der Waals surface area contributed by atoms with Crippen LogP contribution < -0.4 is 10.6 Å². The van der Waals surface area contributed by atoms with Gasteiger partial charge in [0.15, 0.2) is 0 Å². The Hall–Kier alpha value is -1.94. The molecule has 4 N–H and O–H groups in total. The van der Waals surface area contributed by atoms with E-state index in [2.05, 4.69) is 41.8 Å². The van der Waals surface area contributed by atoms with Crippen LogP contribution in [0.4, 0.5) is 8.78 Å². The molecule has 8 heteroatoms. The zero-order chi connectivity index (χ0) is 31.1. The van der Waals surface area contributed by atoms with Gasteiger partial charge in [0.1, 0.15) is 11.6 Å². The summed E-state index contributed by atoms with van der Waals surface area (Å²) in [6, 6.07) is 11.7. The molecule has 43 heavy (non-hydrogen) atoms. The van der Waals surface area contributed by atoms with E-state index in [9.17, 15) is 19.0 Å². The van der Waals surface area contributed by atoms with Crippen molar-refractivity contribution < 1.29 is 28.5 Å². The second kappa shape index (κ2) is 18.1. The quantitative estimate of drug-likeness (QED) is 0.199. The normalized spacial score (nSPS) is 21.7. The fourth-order valence-corrected chi connectivity index (χ4v) is 6.69. The smallest absolute Gasteiger partial charge is 0.129 e. The molecule has 242 valence electrons. The molecule has 2 heterocycles. The first-order chi connectivity index (χ1) is 20.7. The van der Waals surface area contributed by atoms with E-state index in [-0.39, 0.29) is 11.5 Å². The molecule has 2 fully saturated rings. The summed E-state index contributed by atoms with van der Waals surface area (Å²) in [6.07, 6.45) is 8.70. The number of nitrogens with one attached hydrogen (secondary N) is 2. The molecule has 2 aromatic carbocycles. The Balaban J connectivity index is 0.000000236. The zero-order valence-electron chi connectivity index (χ0n) is 26.5. The minimum atomic E-state index is -1.34. The highest BCUT2D eigenvalue weighted by Gasteiger charge is 2.41. The van der Waals surface area contributed by atoms with Crippen LogP contribution >= 0.6 is 0 Å². The van der Waals surface area contributed by atoms with Crippen LogP contribution in [0.2, 0.25) is 0 Å². The first-order valence-electron chi connectivity index (χ1n) is 16.1. The van der Waals surface area contributed by atoms with E-state index in [0.717, 1.165) is 101 Å². The highest BCUT2D eigenvalue weighted by molar-refractivity contribution is 5.29. The van der Waals surface area contributed by atoms with Crippen molar-refractivity contribution in [3.63, 3.8) is 0 Å². The van der Waals surface area contributed by atoms with E-state index in [0.29, 0.717) is 31.9 Å².